The van der Waals surface area contributed by atoms with Gasteiger partial charge in [-0.3, -0.25) is 14.9 Å². The summed E-state index contributed by atoms with van der Waals surface area (Å²) < 4.78 is 1.77. The number of nitrogens with zero attached hydrogens (tertiary/aromatic N) is 8. The van der Waals surface area contributed by atoms with E-state index in [1.807, 2.05) is 52.5 Å². The van der Waals surface area contributed by atoms with Gasteiger partial charge in [0.1, 0.15) is 12.1 Å². The van der Waals surface area contributed by atoms with Crippen molar-refractivity contribution >= 4 is 17.5 Å². The molecule has 2 atom stereocenters. The highest BCUT2D eigenvalue weighted by molar-refractivity contribution is 5.94. The number of carbonyl (C=O) groups excluding carboxylic acids is 1. The number of likely N-dealkylation sites (N-methyl/N-ethyl adjacent to an activating group) is 1. The van der Waals surface area contributed by atoms with Crippen molar-refractivity contribution in [2.45, 2.75) is 45.7 Å². The molecule has 0 aliphatic carbocycles. The Morgan fingerprint density at radius 1 is 1.14 bits per heavy atom. The third kappa shape index (κ3) is 4.25. The maximum atomic E-state index is 13.7. The number of anilines is 1. The second kappa shape index (κ2) is 9.59. The third-order valence-electron chi connectivity index (χ3n) is 7.79. The molecular formula is C27H33N9O. The van der Waals surface area contributed by atoms with Crippen molar-refractivity contribution in [1.29, 1.82) is 0 Å². The number of carbonyl (C=O) groups is 1. The standard InChI is InChI=1S/C27H33N9O/c1-4-33-12-5-6-21(33)15-34-16-23(18(2)3)36(27(34)37)24-11-13-35-26(31-24)22(14-30-35)19-7-9-20(10-8-19)25-28-17-29-32-25/h7-11,13-14,17-18,21,23H,4-6,12,15-16H2,1-3H3,(H,28,29,32)/t21-,23-/m1/s1. The molecule has 0 unspecified atom stereocenters. The molecule has 2 aliphatic rings. The summed E-state index contributed by atoms with van der Waals surface area (Å²) in [6.07, 6.45) is 7.65. The van der Waals surface area contributed by atoms with Gasteiger partial charge in [-0.25, -0.2) is 19.3 Å². The molecule has 1 N–H and O–H groups in total. The number of urea groups is 1. The number of nitrogens with one attached hydrogen (secondary N) is 1. The number of amides is 2. The maximum Gasteiger partial charge on any atom is 0.326 e. The predicted octanol–water partition coefficient (Wildman–Crippen LogP) is 3.93. The minimum atomic E-state index is 0.0513. The minimum Gasteiger partial charge on any atom is -0.321 e. The van der Waals surface area contributed by atoms with Gasteiger partial charge in [-0.15, -0.1) is 0 Å². The molecule has 2 fully saturated rings. The first-order chi connectivity index (χ1) is 18.0. The second-order valence-corrected chi connectivity index (χ2v) is 10.3. The van der Waals surface area contributed by atoms with E-state index in [1.54, 1.807) is 10.8 Å². The summed E-state index contributed by atoms with van der Waals surface area (Å²) in [5.74, 6) is 1.64. The van der Waals surface area contributed by atoms with E-state index >= 15 is 0 Å². The van der Waals surface area contributed by atoms with Crippen LogP contribution in [0.5, 0.6) is 0 Å². The number of H-pyrrole nitrogens is 1. The van der Waals surface area contributed by atoms with Crippen molar-refractivity contribution in [3.8, 4) is 22.5 Å². The van der Waals surface area contributed by atoms with Crippen LogP contribution in [0.4, 0.5) is 10.6 Å². The average Bonchev–Trinajstić information content (AvgIpc) is 3.71. The Hall–Kier alpha value is -3.79. The lowest BCUT2D eigenvalue weighted by Crippen LogP contribution is -2.42. The minimum absolute atomic E-state index is 0.0513. The van der Waals surface area contributed by atoms with Gasteiger partial charge in [0.2, 0.25) is 0 Å². The molecule has 10 nitrogen and oxygen atoms in total. The molecule has 192 valence electrons. The van der Waals surface area contributed by atoms with Crippen LogP contribution in [-0.4, -0.2) is 83.9 Å². The summed E-state index contributed by atoms with van der Waals surface area (Å²) in [6.45, 7) is 10.2. The highest BCUT2D eigenvalue weighted by atomic mass is 16.2. The van der Waals surface area contributed by atoms with Crippen molar-refractivity contribution in [1.82, 2.24) is 39.6 Å². The van der Waals surface area contributed by atoms with Gasteiger partial charge in [0, 0.05) is 36.5 Å². The molecular weight excluding hydrogens is 466 g/mol. The number of hydrogen-bond acceptors (Lipinski definition) is 6. The molecule has 2 saturated heterocycles. The van der Waals surface area contributed by atoms with Gasteiger partial charge in [-0.05, 0) is 43.5 Å². The van der Waals surface area contributed by atoms with E-state index in [4.69, 9.17) is 4.98 Å². The first-order valence-electron chi connectivity index (χ1n) is 13.2. The number of benzene rings is 1. The zero-order valence-electron chi connectivity index (χ0n) is 21.6. The van der Waals surface area contributed by atoms with Crippen molar-refractivity contribution < 1.29 is 4.79 Å². The fourth-order valence-electron chi connectivity index (χ4n) is 5.73. The lowest BCUT2D eigenvalue weighted by molar-refractivity contribution is 0.186. The molecule has 10 heteroatoms. The summed E-state index contributed by atoms with van der Waals surface area (Å²) in [7, 11) is 0. The number of aromatic nitrogens is 6. The Kier molecular flexibility index (Phi) is 6.11. The van der Waals surface area contributed by atoms with Gasteiger partial charge >= 0.3 is 6.03 Å². The van der Waals surface area contributed by atoms with E-state index < -0.39 is 0 Å². The molecule has 0 saturated carbocycles. The Morgan fingerprint density at radius 2 is 1.95 bits per heavy atom. The quantitative estimate of drug-likeness (QED) is 0.414. The van der Waals surface area contributed by atoms with Crippen molar-refractivity contribution in [3.05, 3.63) is 49.1 Å². The Balaban J connectivity index is 1.30. The van der Waals surface area contributed by atoms with Gasteiger partial charge < -0.3 is 4.90 Å². The molecule has 6 rings (SSSR count). The number of fused-ring (bicyclic) bond motifs is 1. The van der Waals surface area contributed by atoms with E-state index in [9.17, 15) is 4.79 Å². The maximum absolute atomic E-state index is 13.7. The van der Waals surface area contributed by atoms with E-state index in [0.717, 1.165) is 54.9 Å². The average molecular weight is 500 g/mol. The van der Waals surface area contributed by atoms with Crippen molar-refractivity contribution in [2.75, 3.05) is 31.1 Å². The van der Waals surface area contributed by atoms with Crippen molar-refractivity contribution in [2.24, 2.45) is 5.92 Å². The van der Waals surface area contributed by atoms with Gasteiger partial charge in [0.25, 0.3) is 0 Å². The molecule has 4 aromatic rings. The number of likely N-dealkylation sites (tertiary alicyclic amines) is 1. The summed E-state index contributed by atoms with van der Waals surface area (Å²) in [5.41, 5.74) is 3.57. The molecule has 3 aromatic heterocycles. The SMILES string of the molecule is CCN1CCC[C@@H]1CN1C[C@H](C(C)C)N(c2ccn3ncc(-c4ccc(-c5nc[nH]n5)cc4)c3n2)C1=O. The van der Waals surface area contributed by atoms with E-state index in [-0.39, 0.29) is 12.1 Å². The highest BCUT2D eigenvalue weighted by Gasteiger charge is 2.42. The van der Waals surface area contributed by atoms with Crippen LogP contribution in [0, 0.1) is 5.92 Å². The fourth-order valence-corrected chi connectivity index (χ4v) is 5.73. The second-order valence-electron chi connectivity index (χ2n) is 10.3. The largest absolute Gasteiger partial charge is 0.326 e. The van der Waals surface area contributed by atoms with Crippen LogP contribution in [0.15, 0.2) is 49.1 Å². The molecule has 1 aromatic carbocycles. The van der Waals surface area contributed by atoms with Crippen LogP contribution >= 0.6 is 0 Å². The third-order valence-corrected chi connectivity index (χ3v) is 7.79. The smallest absolute Gasteiger partial charge is 0.321 e. The predicted molar refractivity (Wildman–Crippen MR) is 142 cm³/mol. The molecule has 0 radical (unpaired) electrons. The van der Waals surface area contributed by atoms with E-state index in [0.29, 0.717) is 23.6 Å². The first kappa shape index (κ1) is 23.6. The Morgan fingerprint density at radius 3 is 2.68 bits per heavy atom. The van der Waals surface area contributed by atoms with Gasteiger partial charge in [0.05, 0.1) is 12.2 Å². The fraction of sp³-hybridized carbons (Fsp3) is 0.444. The van der Waals surface area contributed by atoms with E-state index in [1.165, 1.54) is 6.42 Å². The van der Waals surface area contributed by atoms with Crippen LogP contribution < -0.4 is 4.90 Å². The number of rotatable bonds is 7. The first-order valence-corrected chi connectivity index (χ1v) is 13.2. The van der Waals surface area contributed by atoms with E-state index in [2.05, 4.69) is 46.0 Å². The van der Waals surface area contributed by atoms with Crippen LogP contribution in [0.25, 0.3) is 28.2 Å². The normalized spacial score (nSPS) is 20.7. The molecule has 2 aliphatic heterocycles. The number of aromatic amines is 1. The highest BCUT2D eigenvalue weighted by Crippen LogP contribution is 2.32. The lowest BCUT2D eigenvalue weighted by atomic mass is 10.0. The topological polar surface area (TPSA) is 98.6 Å². The molecule has 5 heterocycles. The van der Waals surface area contributed by atoms with Crippen LogP contribution in [0.3, 0.4) is 0 Å². The van der Waals surface area contributed by atoms with Gasteiger partial charge in [0.15, 0.2) is 11.5 Å². The molecule has 2 amide bonds. The Bertz CT molecular complexity index is 1380. The van der Waals surface area contributed by atoms with Crippen molar-refractivity contribution in [3.63, 3.8) is 0 Å². The summed E-state index contributed by atoms with van der Waals surface area (Å²) in [6, 6.07) is 10.5. The summed E-state index contributed by atoms with van der Waals surface area (Å²) in [4.78, 5) is 29.4. The molecule has 0 spiro atoms. The number of hydrogen-bond donors (Lipinski definition) is 1. The monoisotopic (exact) mass is 499 g/mol. The van der Waals surface area contributed by atoms with Crippen LogP contribution in [-0.2, 0) is 0 Å². The van der Waals surface area contributed by atoms with Gasteiger partial charge in [-0.1, -0.05) is 45.0 Å². The molecule has 0 bridgehead atoms. The Labute approximate surface area is 216 Å². The zero-order chi connectivity index (χ0) is 25.5. The summed E-state index contributed by atoms with van der Waals surface area (Å²) in [5, 5.41) is 11.4. The zero-order valence-corrected chi connectivity index (χ0v) is 21.6. The van der Waals surface area contributed by atoms with Crippen LogP contribution in [0.1, 0.15) is 33.6 Å². The molecule has 37 heavy (non-hydrogen) atoms. The van der Waals surface area contributed by atoms with Crippen LogP contribution in [0.2, 0.25) is 0 Å². The summed E-state index contributed by atoms with van der Waals surface area (Å²) >= 11 is 0. The van der Waals surface area contributed by atoms with Gasteiger partial charge in [-0.2, -0.15) is 10.2 Å². The lowest BCUT2D eigenvalue weighted by Gasteiger charge is -2.27.